The van der Waals surface area contributed by atoms with E-state index in [2.05, 4.69) is 4.99 Å². The first-order valence-electron chi connectivity index (χ1n) is 6.72. The van der Waals surface area contributed by atoms with Crippen LogP contribution in [0.3, 0.4) is 0 Å². The van der Waals surface area contributed by atoms with Crippen LogP contribution in [0.25, 0.3) is 12.2 Å². The predicted molar refractivity (Wildman–Crippen MR) is 88.4 cm³/mol. The molecular weight excluding hydrogens is 298 g/mol. The number of aliphatic imine (C=N–C) groups is 1. The quantitative estimate of drug-likeness (QED) is 0.624. The van der Waals surface area contributed by atoms with Crippen molar-refractivity contribution in [3.8, 4) is 0 Å². The second kappa shape index (κ2) is 6.41. The van der Waals surface area contributed by atoms with Crippen LogP contribution in [-0.2, 0) is 9.53 Å². The largest absolute Gasteiger partial charge is 0.403 e. The zero-order valence-corrected chi connectivity index (χ0v) is 12.3. The van der Waals surface area contributed by atoms with E-state index < -0.39 is 5.97 Å². The van der Waals surface area contributed by atoms with Crippen LogP contribution in [0.4, 0.5) is 0 Å². The van der Waals surface area contributed by atoms with E-state index in [0.717, 1.165) is 11.1 Å². The highest BCUT2D eigenvalue weighted by Crippen LogP contribution is 2.21. The third-order valence-electron chi connectivity index (χ3n) is 3.05. The molecule has 2 aromatic rings. The van der Waals surface area contributed by atoms with E-state index in [4.69, 9.17) is 16.3 Å². The molecule has 0 radical (unpaired) electrons. The number of hydrogen-bond donors (Lipinski definition) is 0. The van der Waals surface area contributed by atoms with Crippen LogP contribution < -0.4 is 0 Å². The fourth-order valence-corrected chi connectivity index (χ4v) is 2.16. The Balaban J connectivity index is 1.83. The number of carbonyl (C=O) groups excluding carboxylic acids is 1. The maximum Gasteiger partial charge on any atom is 0.363 e. The Hall–Kier alpha value is -2.65. The van der Waals surface area contributed by atoms with Crippen molar-refractivity contribution in [3.05, 3.63) is 82.5 Å². The number of rotatable bonds is 3. The Morgan fingerprint density at radius 1 is 0.955 bits per heavy atom. The molecule has 0 spiro atoms. The molecule has 4 heteroatoms. The van der Waals surface area contributed by atoms with Gasteiger partial charge in [0.15, 0.2) is 5.70 Å². The van der Waals surface area contributed by atoms with Gasteiger partial charge in [-0.05, 0) is 29.3 Å². The fourth-order valence-electron chi connectivity index (χ4n) is 1.97. The van der Waals surface area contributed by atoms with Gasteiger partial charge in [0.2, 0.25) is 5.90 Å². The van der Waals surface area contributed by atoms with Gasteiger partial charge in [-0.25, -0.2) is 9.79 Å². The number of ether oxygens (including phenoxy) is 1. The van der Waals surface area contributed by atoms with Gasteiger partial charge in [-0.3, -0.25) is 0 Å². The lowest BCUT2D eigenvalue weighted by atomic mass is 10.2. The molecule has 0 saturated heterocycles. The van der Waals surface area contributed by atoms with Gasteiger partial charge < -0.3 is 4.74 Å². The molecule has 0 saturated carbocycles. The molecule has 0 N–H and O–H groups in total. The summed E-state index contributed by atoms with van der Waals surface area (Å²) in [5, 5.41) is 0.561. The number of cyclic esters (lactones) is 1. The lowest BCUT2D eigenvalue weighted by molar-refractivity contribution is -0.129. The molecule has 1 aliphatic rings. The fraction of sp³-hybridized carbons (Fsp3) is 0. The van der Waals surface area contributed by atoms with Crippen molar-refractivity contribution >= 4 is 35.6 Å². The van der Waals surface area contributed by atoms with Gasteiger partial charge in [-0.2, -0.15) is 0 Å². The smallest absolute Gasteiger partial charge is 0.363 e. The predicted octanol–water partition coefficient (Wildman–Crippen LogP) is 4.35. The molecule has 108 valence electrons. The molecule has 0 bridgehead atoms. The normalized spacial score (nSPS) is 16.1. The van der Waals surface area contributed by atoms with Crippen LogP contribution in [0.15, 0.2) is 71.4 Å². The molecular formula is C18H12ClNO2. The highest BCUT2D eigenvalue weighted by Gasteiger charge is 2.21. The van der Waals surface area contributed by atoms with Gasteiger partial charge >= 0.3 is 5.97 Å². The molecule has 3 nitrogen and oxygen atoms in total. The summed E-state index contributed by atoms with van der Waals surface area (Å²) in [4.78, 5) is 16.0. The Bertz CT molecular complexity index is 792. The topological polar surface area (TPSA) is 38.7 Å². The van der Waals surface area contributed by atoms with Crippen molar-refractivity contribution < 1.29 is 9.53 Å². The Kier molecular flexibility index (Phi) is 4.17. The average molecular weight is 310 g/mol. The van der Waals surface area contributed by atoms with Gasteiger partial charge in [0.25, 0.3) is 0 Å². The molecule has 0 aliphatic carbocycles. The minimum atomic E-state index is -0.479. The number of carbonyl (C=O) groups is 1. The highest BCUT2D eigenvalue weighted by molar-refractivity contribution is 6.32. The summed E-state index contributed by atoms with van der Waals surface area (Å²) < 4.78 is 5.12. The van der Waals surface area contributed by atoms with Gasteiger partial charge in [0, 0.05) is 11.1 Å². The summed E-state index contributed by atoms with van der Waals surface area (Å²) in [6, 6.07) is 17.0. The van der Waals surface area contributed by atoms with Crippen LogP contribution in [0.5, 0.6) is 0 Å². The van der Waals surface area contributed by atoms with Crippen molar-refractivity contribution in [2.75, 3.05) is 0 Å². The van der Waals surface area contributed by atoms with E-state index >= 15 is 0 Å². The second-order valence-electron chi connectivity index (χ2n) is 4.63. The average Bonchev–Trinajstić information content (AvgIpc) is 2.89. The summed E-state index contributed by atoms with van der Waals surface area (Å²) >= 11 is 6.07. The molecule has 1 heterocycles. The minimum Gasteiger partial charge on any atom is -0.403 e. The molecule has 2 aromatic carbocycles. The lowest BCUT2D eigenvalue weighted by Crippen LogP contribution is -2.01. The summed E-state index contributed by atoms with van der Waals surface area (Å²) in [7, 11) is 0. The third-order valence-corrected chi connectivity index (χ3v) is 3.40. The van der Waals surface area contributed by atoms with Crippen LogP contribution in [0.2, 0.25) is 5.02 Å². The number of nitrogens with zero attached hydrogens (tertiary/aromatic N) is 1. The number of benzene rings is 2. The summed E-state index contributed by atoms with van der Waals surface area (Å²) in [5.74, 6) is -0.209. The van der Waals surface area contributed by atoms with Gasteiger partial charge in [0.1, 0.15) is 0 Å². The van der Waals surface area contributed by atoms with E-state index in [0.29, 0.717) is 5.02 Å². The van der Waals surface area contributed by atoms with E-state index in [-0.39, 0.29) is 11.6 Å². The monoisotopic (exact) mass is 309 g/mol. The molecule has 0 atom stereocenters. The van der Waals surface area contributed by atoms with E-state index in [1.54, 1.807) is 18.2 Å². The van der Waals surface area contributed by atoms with Crippen LogP contribution in [0, 0.1) is 0 Å². The molecule has 22 heavy (non-hydrogen) atoms. The first kappa shape index (κ1) is 14.3. The molecule has 0 amide bonds. The van der Waals surface area contributed by atoms with Crippen molar-refractivity contribution in [3.63, 3.8) is 0 Å². The zero-order chi connectivity index (χ0) is 15.4. The standard InChI is InChI=1S/C18H12ClNO2/c19-15-9-5-4-8-14(15)12-16-18(21)22-17(20-16)11-10-13-6-2-1-3-7-13/h1-12H/b11-10-,16-12-. The maximum absolute atomic E-state index is 11.8. The Labute approximate surface area is 133 Å². The van der Waals surface area contributed by atoms with Crippen molar-refractivity contribution in [1.82, 2.24) is 0 Å². The minimum absolute atomic E-state index is 0.237. The highest BCUT2D eigenvalue weighted by atomic mass is 35.5. The molecule has 0 aromatic heterocycles. The number of hydrogen-bond acceptors (Lipinski definition) is 3. The van der Waals surface area contributed by atoms with Gasteiger partial charge in [-0.15, -0.1) is 0 Å². The number of esters is 1. The first-order chi connectivity index (χ1) is 10.7. The van der Waals surface area contributed by atoms with Crippen LogP contribution in [-0.4, -0.2) is 11.9 Å². The Morgan fingerprint density at radius 3 is 2.45 bits per heavy atom. The van der Waals surface area contributed by atoms with Gasteiger partial charge in [-0.1, -0.05) is 60.1 Å². The third kappa shape index (κ3) is 3.32. The van der Waals surface area contributed by atoms with Gasteiger partial charge in [0.05, 0.1) is 0 Å². The van der Waals surface area contributed by atoms with Crippen molar-refractivity contribution in [1.29, 1.82) is 0 Å². The molecule has 0 fully saturated rings. The summed E-state index contributed by atoms with van der Waals surface area (Å²) in [5.41, 5.74) is 1.97. The van der Waals surface area contributed by atoms with Crippen LogP contribution in [0.1, 0.15) is 11.1 Å². The SMILES string of the molecule is O=C1OC(/C=C\c2ccccc2)=NC/1=C\c1ccccc1Cl. The van der Waals surface area contributed by atoms with Crippen LogP contribution >= 0.6 is 11.6 Å². The van der Waals surface area contributed by atoms with E-state index in [9.17, 15) is 4.79 Å². The second-order valence-corrected chi connectivity index (χ2v) is 5.04. The summed E-state index contributed by atoms with van der Waals surface area (Å²) in [6.45, 7) is 0. The van der Waals surface area contributed by atoms with E-state index in [1.165, 1.54) is 0 Å². The summed E-state index contributed by atoms with van der Waals surface area (Å²) in [6.07, 6.45) is 5.12. The number of halogens is 1. The molecule has 1 aliphatic heterocycles. The molecule has 0 unspecified atom stereocenters. The maximum atomic E-state index is 11.8. The zero-order valence-electron chi connectivity index (χ0n) is 11.6. The van der Waals surface area contributed by atoms with Crippen molar-refractivity contribution in [2.45, 2.75) is 0 Å². The van der Waals surface area contributed by atoms with E-state index in [1.807, 2.05) is 54.6 Å². The first-order valence-corrected chi connectivity index (χ1v) is 7.10. The lowest BCUT2D eigenvalue weighted by Gasteiger charge is -1.96. The van der Waals surface area contributed by atoms with Crippen molar-refractivity contribution in [2.24, 2.45) is 4.99 Å². The molecule has 3 rings (SSSR count). The Morgan fingerprint density at radius 2 is 1.68 bits per heavy atom.